The quantitative estimate of drug-likeness (QED) is 0.592. The SMILES string of the molecule is COC(=O)CC(=O)C(CC1CCC(C)CC1)NC(=O)OC(C)(C)C. The second-order valence-electron chi connectivity index (χ2n) is 7.78. The molecule has 0 radical (unpaired) electrons. The van der Waals surface area contributed by atoms with Crippen LogP contribution in [0.2, 0.25) is 0 Å². The lowest BCUT2D eigenvalue weighted by atomic mass is 9.79. The van der Waals surface area contributed by atoms with Crippen molar-refractivity contribution in [3.63, 3.8) is 0 Å². The van der Waals surface area contributed by atoms with E-state index in [4.69, 9.17) is 4.74 Å². The molecule has 0 heterocycles. The van der Waals surface area contributed by atoms with Gasteiger partial charge in [0.25, 0.3) is 0 Å². The van der Waals surface area contributed by atoms with Crippen molar-refractivity contribution in [2.45, 2.75) is 77.9 Å². The zero-order chi connectivity index (χ0) is 18.3. The number of Topliss-reactive ketones (excluding diaryl/α,β-unsaturated/α-hetero) is 1. The summed E-state index contributed by atoms with van der Waals surface area (Å²) in [7, 11) is 1.24. The van der Waals surface area contributed by atoms with E-state index >= 15 is 0 Å². The summed E-state index contributed by atoms with van der Waals surface area (Å²) in [6.45, 7) is 7.52. The second-order valence-corrected chi connectivity index (χ2v) is 7.78. The number of esters is 1. The number of alkyl carbamates (subject to hydrolysis) is 1. The zero-order valence-electron chi connectivity index (χ0n) is 15.5. The van der Waals surface area contributed by atoms with Crippen molar-refractivity contribution in [1.82, 2.24) is 5.32 Å². The van der Waals surface area contributed by atoms with Crippen LogP contribution in [-0.4, -0.2) is 36.6 Å². The van der Waals surface area contributed by atoms with Gasteiger partial charge < -0.3 is 14.8 Å². The summed E-state index contributed by atoms with van der Waals surface area (Å²) in [6.07, 6.45) is 3.93. The van der Waals surface area contributed by atoms with Gasteiger partial charge in [-0.1, -0.05) is 32.6 Å². The van der Waals surface area contributed by atoms with E-state index in [0.29, 0.717) is 18.3 Å². The number of ketones is 1. The van der Waals surface area contributed by atoms with Crippen LogP contribution in [0.5, 0.6) is 0 Å². The summed E-state index contributed by atoms with van der Waals surface area (Å²) < 4.78 is 9.79. The Morgan fingerprint density at radius 2 is 1.71 bits per heavy atom. The van der Waals surface area contributed by atoms with Crippen LogP contribution < -0.4 is 5.32 Å². The van der Waals surface area contributed by atoms with Crippen LogP contribution in [0, 0.1) is 11.8 Å². The lowest BCUT2D eigenvalue weighted by molar-refractivity contribution is -0.143. The van der Waals surface area contributed by atoms with Crippen LogP contribution in [0.4, 0.5) is 4.79 Å². The molecule has 1 amide bonds. The number of rotatable bonds is 6. The Bertz CT molecular complexity index is 447. The maximum Gasteiger partial charge on any atom is 0.408 e. The van der Waals surface area contributed by atoms with Gasteiger partial charge in [-0.25, -0.2) is 4.79 Å². The minimum atomic E-state index is -0.711. The highest BCUT2D eigenvalue weighted by molar-refractivity contribution is 5.99. The largest absolute Gasteiger partial charge is 0.469 e. The molecule has 0 bridgehead atoms. The fraction of sp³-hybridized carbons (Fsp3) is 0.833. The molecular formula is C18H31NO5. The van der Waals surface area contributed by atoms with E-state index in [1.807, 2.05) is 0 Å². The van der Waals surface area contributed by atoms with Crippen molar-refractivity contribution in [2.75, 3.05) is 7.11 Å². The third-order valence-electron chi connectivity index (χ3n) is 4.33. The van der Waals surface area contributed by atoms with E-state index < -0.39 is 23.7 Å². The molecule has 138 valence electrons. The van der Waals surface area contributed by atoms with E-state index in [1.54, 1.807) is 20.8 Å². The third kappa shape index (κ3) is 7.79. The Labute approximate surface area is 144 Å². The molecule has 6 nitrogen and oxygen atoms in total. The summed E-state index contributed by atoms with van der Waals surface area (Å²) in [6, 6.07) is -0.711. The number of hydrogen-bond donors (Lipinski definition) is 1. The van der Waals surface area contributed by atoms with Gasteiger partial charge in [-0.15, -0.1) is 0 Å². The first-order valence-electron chi connectivity index (χ1n) is 8.69. The molecule has 1 atom stereocenters. The molecule has 1 unspecified atom stereocenters. The molecule has 0 aromatic heterocycles. The molecule has 24 heavy (non-hydrogen) atoms. The number of methoxy groups -OCH3 is 1. The van der Waals surface area contributed by atoms with Gasteiger partial charge in [0.2, 0.25) is 0 Å². The van der Waals surface area contributed by atoms with Crippen molar-refractivity contribution in [1.29, 1.82) is 0 Å². The van der Waals surface area contributed by atoms with E-state index in [-0.39, 0.29) is 12.2 Å². The minimum absolute atomic E-state index is 0.327. The van der Waals surface area contributed by atoms with Crippen molar-refractivity contribution in [3.05, 3.63) is 0 Å². The summed E-state index contributed by atoms with van der Waals surface area (Å²) >= 11 is 0. The summed E-state index contributed by atoms with van der Waals surface area (Å²) in [5, 5.41) is 2.64. The molecule has 1 fully saturated rings. The van der Waals surface area contributed by atoms with E-state index in [1.165, 1.54) is 7.11 Å². The fourth-order valence-electron chi connectivity index (χ4n) is 2.96. The van der Waals surface area contributed by atoms with Gasteiger partial charge in [0.1, 0.15) is 12.0 Å². The van der Waals surface area contributed by atoms with Gasteiger partial charge in [-0.2, -0.15) is 0 Å². The number of ether oxygens (including phenoxy) is 2. The monoisotopic (exact) mass is 341 g/mol. The molecule has 1 aliphatic rings. The van der Waals surface area contributed by atoms with Gasteiger partial charge >= 0.3 is 12.1 Å². The van der Waals surface area contributed by atoms with Gasteiger partial charge in [0, 0.05) is 0 Å². The van der Waals surface area contributed by atoms with Crippen LogP contribution in [-0.2, 0) is 19.1 Å². The first kappa shape index (κ1) is 20.5. The Balaban J connectivity index is 2.69. The maximum absolute atomic E-state index is 12.4. The van der Waals surface area contributed by atoms with Gasteiger partial charge in [-0.05, 0) is 39.0 Å². The average molecular weight is 341 g/mol. The average Bonchev–Trinajstić information content (AvgIpc) is 2.46. The summed E-state index contributed by atoms with van der Waals surface area (Å²) in [5.41, 5.74) is -0.639. The molecule has 0 aliphatic heterocycles. The van der Waals surface area contributed by atoms with Crippen molar-refractivity contribution >= 4 is 17.8 Å². The highest BCUT2D eigenvalue weighted by Crippen LogP contribution is 2.31. The number of amides is 1. The van der Waals surface area contributed by atoms with Gasteiger partial charge in [-0.3, -0.25) is 9.59 Å². The molecule has 1 saturated carbocycles. The van der Waals surface area contributed by atoms with Crippen LogP contribution >= 0.6 is 0 Å². The molecule has 0 saturated heterocycles. The zero-order valence-corrected chi connectivity index (χ0v) is 15.5. The fourth-order valence-corrected chi connectivity index (χ4v) is 2.96. The highest BCUT2D eigenvalue weighted by atomic mass is 16.6. The first-order chi connectivity index (χ1) is 11.1. The molecule has 0 spiro atoms. The topological polar surface area (TPSA) is 81.7 Å². The van der Waals surface area contributed by atoms with Crippen LogP contribution in [0.1, 0.15) is 66.2 Å². The van der Waals surface area contributed by atoms with Crippen molar-refractivity contribution in [2.24, 2.45) is 11.8 Å². The smallest absolute Gasteiger partial charge is 0.408 e. The van der Waals surface area contributed by atoms with E-state index in [2.05, 4.69) is 17.0 Å². The molecule has 0 aromatic rings. The first-order valence-corrected chi connectivity index (χ1v) is 8.69. The Hall–Kier alpha value is -1.59. The normalized spacial score (nSPS) is 22.4. The molecule has 0 aromatic carbocycles. The summed E-state index contributed by atoms with van der Waals surface area (Å²) in [5.74, 6) is 0.173. The number of carbonyl (C=O) groups excluding carboxylic acids is 3. The predicted molar refractivity (Wildman–Crippen MR) is 90.5 cm³/mol. The maximum atomic E-state index is 12.4. The summed E-state index contributed by atoms with van der Waals surface area (Å²) in [4.78, 5) is 35.8. The molecule has 1 rings (SSSR count). The Morgan fingerprint density at radius 1 is 1.12 bits per heavy atom. The van der Waals surface area contributed by atoms with Gasteiger partial charge in [0.15, 0.2) is 5.78 Å². The molecule has 6 heteroatoms. The minimum Gasteiger partial charge on any atom is -0.469 e. The molecule has 1 aliphatic carbocycles. The molecule has 1 N–H and O–H groups in total. The number of nitrogens with one attached hydrogen (secondary N) is 1. The molecular weight excluding hydrogens is 310 g/mol. The predicted octanol–water partition coefficient (Wildman–Crippen LogP) is 3.23. The van der Waals surface area contributed by atoms with E-state index in [9.17, 15) is 14.4 Å². The second kappa shape index (κ2) is 9.04. The lowest BCUT2D eigenvalue weighted by Crippen LogP contribution is -2.45. The third-order valence-corrected chi connectivity index (χ3v) is 4.33. The van der Waals surface area contributed by atoms with Crippen molar-refractivity contribution in [3.8, 4) is 0 Å². The highest BCUT2D eigenvalue weighted by Gasteiger charge is 2.29. The van der Waals surface area contributed by atoms with Crippen LogP contribution in [0.25, 0.3) is 0 Å². The Kier molecular flexibility index (Phi) is 7.70. The van der Waals surface area contributed by atoms with E-state index in [0.717, 1.165) is 25.7 Å². The number of hydrogen-bond acceptors (Lipinski definition) is 5. The Morgan fingerprint density at radius 3 is 2.21 bits per heavy atom. The van der Waals surface area contributed by atoms with Crippen LogP contribution in [0.15, 0.2) is 0 Å². The van der Waals surface area contributed by atoms with Crippen molar-refractivity contribution < 1.29 is 23.9 Å². The van der Waals surface area contributed by atoms with Crippen LogP contribution in [0.3, 0.4) is 0 Å². The standard InChI is InChI=1S/C18H31NO5/c1-12-6-8-13(9-7-12)10-14(15(20)11-16(21)23-5)19-17(22)24-18(2,3)4/h12-14H,6-11H2,1-5H3,(H,19,22). The lowest BCUT2D eigenvalue weighted by Gasteiger charge is -2.29. The van der Waals surface area contributed by atoms with Gasteiger partial charge in [0.05, 0.1) is 13.2 Å². The number of carbonyl (C=O) groups is 3.